The second-order valence-corrected chi connectivity index (χ2v) is 5.11. The van der Waals surface area contributed by atoms with Gasteiger partial charge in [0.1, 0.15) is 0 Å². The maximum Gasteiger partial charge on any atom is 0.311 e. The van der Waals surface area contributed by atoms with Crippen LogP contribution in [0.15, 0.2) is 45.9 Å². The Morgan fingerprint density at radius 3 is 2.70 bits per heavy atom. The molecule has 0 radical (unpaired) electrons. The molecule has 0 aliphatic rings. The van der Waals surface area contributed by atoms with E-state index in [1.807, 2.05) is 25.1 Å². The van der Waals surface area contributed by atoms with Crippen LogP contribution in [-0.2, 0) is 0 Å². The molecule has 2 aromatic rings. The van der Waals surface area contributed by atoms with Gasteiger partial charge in [-0.1, -0.05) is 15.9 Å². The molecule has 0 fully saturated rings. The first-order valence-electron chi connectivity index (χ1n) is 5.75. The molecule has 20 heavy (non-hydrogen) atoms. The quantitative estimate of drug-likeness (QED) is 0.521. The molecule has 0 saturated heterocycles. The van der Waals surface area contributed by atoms with Crippen LogP contribution in [0.3, 0.4) is 0 Å². The summed E-state index contributed by atoms with van der Waals surface area (Å²) in [6, 6.07) is 9.80. The first kappa shape index (κ1) is 14.2. The van der Waals surface area contributed by atoms with Gasteiger partial charge in [-0.05, 0) is 48.4 Å². The van der Waals surface area contributed by atoms with Gasteiger partial charge in [0, 0.05) is 16.8 Å². The number of nitro groups is 1. The minimum Gasteiger partial charge on any atom is -0.502 e. The Morgan fingerprint density at radius 1 is 1.30 bits per heavy atom. The zero-order chi connectivity index (χ0) is 14.7. The van der Waals surface area contributed by atoms with Crippen molar-refractivity contribution in [1.29, 1.82) is 0 Å². The second kappa shape index (κ2) is 5.83. The van der Waals surface area contributed by atoms with Gasteiger partial charge in [0.15, 0.2) is 5.75 Å². The van der Waals surface area contributed by atoms with Gasteiger partial charge in [0.25, 0.3) is 0 Å². The Balaban J connectivity index is 2.32. The van der Waals surface area contributed by atoms with Crippen LogP contribution in [0.1, 0.15) is 11.1 Å². The molecule has 0 aliphatic heterocycles. The molecule has 0 aromatic heterocycles. The summed E-state index contributed by atoms with van der Waals surface area (Å²) in [4.78, 5) is 14.4. The zero-order valence-corrected chi connectivity index (χ0v) is 12.2. The van der Waals surface area contributed by atoms with Crippen LogP contribution in [0.5, 0.6) is 5.75 Å². The smallest absolute Gasteiger partial charge is 0.311 e. The van der Waals surface area contributed by atoms with Gasteiger partial charge in [-0.15, -0.1) is 0 Å². The van der Waals surface area contributed by atoms with E-state index in [1.165, 1.54) is 18.3 Å². The molecule has 102 valence electrons. The molecule has 5 nitrogen and oxygen atoms in total. The molecule has 0 heterocycles. The number of phenolic OH excluding ortho intramolecular Hbond substituents is 1. The highest BCUT2D eigenvalue weighted by atomic mass is 79.9. The van der Waals surface area contributed by atoms with Gasteiger partial charge in [-0.2, -0.15) is 0 Å². The topological polar surface area (TPSA) is 75.7 Å². The van der Waals surface area contributed by atoms with E-state index in [-0.39, 0.29) is 11.4 Å². The second-order valence-electron chi connectivity index (χ2n) is 4.19. The fourth-order valence-corrected chi connectivity index (χ4v) is 2.15. The van der Waals surface area contributed by atoms with Gasteiger partial charge in [0.2, 0.25) is 0 Å². The van der Waals surface area contributed by atoms with E-state index in [1.54, 1.807) is 6.07 Å². The lowest BCUT2D eigenvalue weighted by molar-refractivity contribution is -0.385. The van der Waals surface area contributed by atoms with Crippen molar-refractivity contribution in [2.45, 2.75) is 6.92 Å². The lowest BCUT2D eigenvalue weighted by atomic mass is 10.2. The number of halogens is 1. The third-order valence-electron chi connectivity index (χ3n) is 2.71. The Labute approximate surface area is 123 Å². The highest BCUT2D eigenvalue weighted by molar-refractivity contribution is 9.10. The SMILES string of the molecule is Cc1cc(Br)ccc1N=Cc1ccc(O)c([N+](=O)[O-])c1. The van der Waals surface area contributed by atoms with Crippen molar-refractivity contribution in [2.75, 3.05) is 0 Å². The summed E-state index contributed by atoms with van der Waals surface area (Å²) < 4.78 is 0.967. The van der Waals surface area contributed by atoms with Crippen molar-refractivity contribution in [3.8, 4) is 5.75 Å². The number of hydrogen-bond acceptors (Lipinski definition) is 4. The fraction of sp³-hybridized carbons (Fsp3) is 0.0714. The van der Waals surface area contributed by atoms with E-state index in [2.05, 4.69) is 20.9 Å². The number of rotatable bonds is 3. The van der Waals surface area contributed by atoms with Crippen molar-refractivity contribution in [3.05, 3.63) is 62.1 Å². The Morgan fingerprint density at radius 2 is 2.05 bits per heavy atom. The minimum absolute atomic E-state index is 0.332. The first-order chi connectivity index (χ1) is 9.47. The van der Waals surface area contributed by atoms with Gasteiger partial charge >= 0.3 is 5.69 Å². The van der Waals surface area contributed by atoms with Crippen LogP contribution < -0.4 is 0 Å². The number of benzene rings is 2. The molecule has 0 aliphatic carbocycles. The summed E-state index contributed by atoms with van der Waals surface area (Å²) in [6.07, 6.45) is 1.53. The normalized spacial score (nSPS) is 10.9. The maximum atomic E-state index is 10.7. The van der Waals surface area contributed by atoms with Gasteiger partial charge in [-0.25, -0.2) is 0 Å². The monoisotopic (exact) mass is 334 g/mol. The molecule has 0 spiro atoms. The zero-order valence-electron chi connectivity index (χ0n) is 10.6. The number of phenols is 1. The number of nitrogens with zero attached hydrogens (tertiary/aromatic N) is 2. The number of aryl methyl sites for hydroxylation is 1. The van der Waals surface area contributed by atoms with Crippen LogP contribution in [0.25, 0.3) is 0 Å². The summed E-state index contributed by atoms with van der Waals surface area (Å²) in [5.74, 6) is -0.355. The van der Waals surface area contributed by atoms with Crippen LogP contribution in [0.4, 0.5) is 11.4 Å². The van der Waals surface area contributed by atoms with Crippen molar-refractivity contribution >= 4 is 33.5 Å². The average molecular weight is 335 g/mol. The van der Waals surface area contributed by atoms with Crippen molar-refractivity contribution in [2.24, 2.45) is 4.99 Å². The van der Waals surface area contributed by atoms with Crippen LogP contribution in [-0.4, -0.2) is 16.2 Å². The number of hydrogen-bond donors (Lipinski definition) is 1. The third kappa shape index (κ3) is 3.21. The molecule has 2 rings (SSSR count). The van der Waals surface area contributed by atoms with Gasteiger partial charge in [-0.3, -0.25) is 15.1 Å². The largest absolute Gasteiger partial charge is 0.502 e. The molecule has 0 atom stereocenters. The van der Waals surface area contributed by atoms with Crippen molar-refractivity contribution in [1.82, 2.24) is 0 Å². The summed E-state index contributed by atoms with van der Waals surface area (Å²) >= 11 is 3.37. The Kier molecular flexibility index (Phi) is 4.14. The first-order valence-corrected chi connectivity index (χ1v) is 6.54. The van der Waals surface area contributed by atoms with Crippen LogP contribution in [0, 0.1) is 17.0 Å². The van der Waals surface area contributed by atoms with E-state index in [4.69, 9.17) is 0 Å². The van der Waals surface area contributed by atoms with E-state index in [0.29, 0.717) is 5.56 Å². The number of nitro benzene ring substituents is 1. The highest BCUT2D eigenvalue weighted by Crippen LogP contribution is 2.26. The maximum absolute atomic E-state index is 10.7. The van der Waals surface area contributed by atoms with E-state index < -0.39 is 4.92 Å². The molecule has 6 heteroatoms. The molecule has 0 saturated carbocycles. The standard InChI is InChI=1S/C14H11BrN2O3/c1-9-6-11(15)3-4-12(9)16-8-10-2-5-14(18)13(7-10)17(19)20/h2-8,18H,1H3. The van der Waals surface area contributed by atoms with E-state index in [9.17, 15) is 15.2 Å². The number of aromatic hydroxyl groups is 1. The van der Waals surface area contributed by atoms with E-state index in [0.717, 1.165) is 15.7 Å². The fourth-order valence-electron chi connectivity index (χ4n) is 1.67. The summed E-state index contributed by atoms with van der Waals surface area (Å²) in [5.41, 5.74) is 1.99. The summed E-state index contributed by atoms with van der Waals surface area (Å²) in [6.45, 7) is 1.93. The molecule has 1 N–H and O–H groups in total. The van der Waals surface area contributed by atoms with E-state index >= 15 is 0 Å². The Bertz CT molecular complexity index is 699. The molecule has 0 unspecified atom stereocenters. The lowest BCUT2D eigenvalue weighted by Crippen LogP contribution is -1.90. The third-order valence-corrected chi connectivity index (χ3v) is 3.20. The number of aliphatic imine (C=N–C) groups is 1. The van der Waals surface area contributed by atoms with Crippen LogP contribution >= 0.6 is 15.9 Å². The minimum atomic E-state index is -0.627. The van der Waals surface area contributed by atoms with Crippen molar-refractivity contribution < 1.29 is 10.0 Å². The molecule has 0 amide bonds. The Hall–Kier alpha value is -2.21. The predicted octanol–water partition coefficient (Wildman–Crippen LogP) is 4.12. The molecule has 2 aromatic carbocycles. The van der Waals surface area contributed by atoms with Crippen LogP contribution in [0.2, 0.25) is 0 Å². The molecule has 0 bridgehead atoms. The average Bonchev–Trinajstić information content (AvgIpc) is 2.39. The lowest BCUT2D eigenvalue weighted by Gasteiger charge is -2.01. The summed E-state index contributed by atoms with van der Waals surface area (Å²) in [5, 5.41) is 20.1. The summed E-state index contributed by atoms with van der Waals surface area (Å²) in [7, 11) is 0. The predicted molar refractivity (Wildman–Crippen MR) is 80.9 cm³/mol. The van der Waals surface area contributed by atoms with Gasteiger partial charge < -0.3 is 5.11 Å². The van der Waals surface area contributed by atoms with Gasteiger partial charge in [0.05, 0.1) is 10.6 Å². The molecular formula is C14H11BrN2O3. The molecular weight excluding hydrogens is 324 g/mol. The van der Waals surface area contributed by atoms with Crippen molar-refractivity contribution in [3.63, 3.8) is 0 Å². The highest BCUT2D eigenvalue weighted by Gasteiger charge is 2.12.